The highest BCUT2D eigenvalue weighted by Gasteiger charge is 2.42. The Morgan fingerprint density at radius 3 is 2.19 bits per heavy atom. The monoisotopic (exact) mass is 445 g/mol. The van der Waals surface area contributed by atoms with E-state index in [0.29, 0.717) is 6.61 Å². The van der Waals surface area contributed by atoms with E-state index in [0.717, 1.165) is 22.1 Å². The summed E-state index contributed by atoms with van der Waals surface area (Å²) in [5.41, 5.74) is 7.09. The lowest BCUT2D eigenvalue weighted by atomic mass is 9.81. The van der Waals surface area contributed by atoms with Gasteiger partial charge in [0.2, 0.25) is 5.69 Å². The largest absolute Gasteiger partial charge is 0.494 e. The maximum atomic E-state index is 6.24. The van der Waals surface area contributed by atoms with Gasteiger partial charge in [-0.2, -0.15) is 4.58 Å². The fourth-order valence-corrected chi connectivity index (χ4v) is 4.55. The molecule has 3 nitrogen and oxygen atoms in total. The van der Waals surface area contributed by atoms with Crippen molar-refractivity contribution in [1.82, 2.24) is 0 Å². The van der Waals surface area contributed by atoms with E-state index in [9.17, 15) is 0 Å². The second-order valence-corrected chi connectivity index (χ2v) is 9.08. The number of hydrogen-bond donors (Lipinski definition) is 0. The maximum absolute atomic E-state index is 6.24. The molecule has 0 aliphatic carbocycles. The first kappa shape index (κ1) is 22.2. The van der Waals surface area contributed by atoms with Gasteiger partial charge in [-0.3, -0.25) is 0 Å². The van der Waals surface area contributed by atoms with E-state index in [1.807, 2.05) is 31.2 Å². The Hall–Kier alpha value is -3.04. The highest BCUT2D eigenvalue weighted by molar-refractivity contribution is 6.30. The fraction of sp³-hybridized carbons (Fsp3) is 0.250. The summed E-state index contributed by atoms with van der Waals surface area (Å²) in [4.78, 5) is 2.17. The molecule has 0 unspecified atom stereocenters. The Kier molecular flexibility index (Phi) is 6.12. The van der Waals surface area contributed by atoms with Crippen molar-refractivity contribution in [1.29, 1.82) is 0 Å². The van der Waals surface area contributed by atoms with E-state index in [1.165, 1.54) is 22.5 Å². The predicted molar refractivity (Wildman–Crippen MR) is 136 cm³/mol. The molecule has 0 amide bonds. The van der Waals surface area contributed by atoms with Crippen LogP contribution in [0.25, 0.3) is 6.08 Å². The number of allylic oxidation sites excluding steroid dienone is 1. The molecule has 0 radical (unpaired) electrons. The lowest BCUT2D eigenvalue weighted by Gasteiger charge is -2.20. The number of hydrogen-bond acceptors (Lipinski definition) is 2. The highest BCUT2D eigenvalue weighted by Crippen LogP contribution is 2.40. The Labute approximate surface area is 196 Å². The molecule has 0 saturated heterocycles. The van der Waals surface area contributed by atoms with Crippen molar-refractivity contribution in [2.45, 2.75) is 26.2 Å². The van der Waals surface area contributed by atoms with E-state index < -0.39 is 0 Å². The minimum Gasteiger partial charge on any atom is -0.494 e. The van der Waals surface area contributed by atoms with Crippen LogP contribution < -0.4 is 9.64 Å². The molecule has 3 aromatic carbocycles. The molecule has 32 heavy (non-hydrogen) atoms. The molecule has 0 bridgehead atoms. The van der Waals surface area contributed by atoms with Crippen molar-refractivity contribution in [2.24, 2.45) is 0 Å². The Balaban J connectivity index is 1.52. The van der Waals surface area contributed by atoms with E-state index in [4.69, 9.17) is 16.3 Å². The summed E-state index contributed by atoms with van der Waals surface area (Å²) >= 11 is 6.24. The average Bonchev–Trinajstić information content (AvgIpc) is 2.97. The van der Waals surface area contributed by atoms with Crippen LogP contribution in [0.4, 0.5) is 17.1 Å². The lowest BCUT2D eigenvalue weighted by molar-refractivity contribution is -0.401. The minimum absolute atomic E-state index is 0.0705. The molecule has 1 heterocycles. The molecule has 4 rings (SSSR count). The van der Waals surface area contributed by atoms with Gasteiger partial charge in [0.1, 0.15) is 12.8 Å². The number of rotatable bonds is 6. The van der Waals surface area contributed by atoms with Gasteiger partial charge in [0.05, 0.1) is 12.0 Å². The van der Waals surface area contributed by atoms with Gasteiger partial charge >= 0.3 is 0 Å². The summed E-state index contributed by atoms with van der Waals surface area (Å²) in [7, 11) is 4.19. The maximum Gasteiger partial charge on any atom is 0.211 e. The molecular weight excluding hydrogens is 416 g/mol. The Bertz CT molecular complexity index is 1180. The van der Waals surface area contributed by atoms with Crippen LogP contribution >= 0.6 is 11.6 Å². The third-order valence-corrected chi connectivity index (χ3v) is 6.48. The molecule has 0 spiro atoms. The molecule has 4 heteroatoms. The second kappa shape index (κ2) is 8.84. The van der Waals surface area contributed by atoms with Crippen LogP contribution in [0, 0.1) is 0 Å². The summed E-state index contributed by atoms with van der Waals surface area (Å²) in [5.74, 6) is 0.895. The van der Waals surface area contributed by atoms with E-state index in [2.05, 4.69) is 92.0 Å². The normalized spacial score (nSPS) is 14.7. The second-order valence-electron chi connectivity index (χ2n) is 8.64. The summed E-state index contributed by atoms with van der Waals surface area (Å²) in [6, 6.07) is 23.0. The smallest absolute Gasteiger partial charge is 0.211 e. The third-order valence-electron chi connectivity index (χ3n) is 6.25. The van der Waals surface area contributed by atoms with Crippen molar-refractivity contribution in [3.8, 4) is 5.75 Å². The van der Waals surface area contributed by atoms with Crippen LogP contribution in [0.5, 0.6) is 5.75 Å². The van der Waals surface area contributed by atoms with Gasteiger partial charge in [-0.15, -0.1) is 0 Å². The van der Waals surface area contributed by atoms with Gasteiger partial charge in [0.25, 0.3) is 0 Å². The summed E-state index contributed by atoms with van der Waals surface area (Å²) < 4.78 is 7.78. The van der Waals surface area contributed by atoms with Crippen molar-refractivity contribution in [3.63, 3.8) is 0 Å². The number of benzene rings is 3. The van der Waals surface area contributed by atoms with Gasteiger partial charge in [0.15, 0.2) is 5.71 Å². The van der Waals surface area contributed by atoms with Crippen LogP contribution in [0.15, 0.2) is 72.8 Å². The zero-order chi connectivity index (χ0) is 22.9. The number of fused-ring (bicyclic) bond motifs is 1. The van der Waals surface area contributed by atoms with Gasteiger partial charge in [-0.1, -0.05) is 23.7 Å². The van der Waals surface area contributed by atoms with Crippen molar-refractivity contribution in [3.05, 3.63) is 89.0 Å². The first-order valence-electron chi connectivity index (χ1n) is 11.0. The Morgan fingerprint density at radius 2 is 1.56 bits per heavy atom. The molecule has 0 fully saturated rings. The van der Waals surface area contributed by atoms with Crippen molar-refractivity contribution in [2.75, 3.05) is 25.6 Å². The molecule has 3 aromatic rings. The Morgan fingerprint density at radius 1 is 0.938 bits per heavy atom. The molecule has 0 N–H and O–H groups in total. The third kappa shape index (κ3) is 4.18. The van der Waals surface area contributed by atoms with Crippen molar-refractivity contribution >= 4 is 40.5 Å². The summed E-state index contributed by atoms with van der Waals surface area (Å²) in [5, 5.41) is 0.767. The molecular formula is C28H30ClN2O+. The quantitative estimate of drug-likeness (QED) is 0.372. The van der Waals surface area contributed by atoms with E-state index in [1.54, 1.807) is 0 Å². The van der Waals surface area contributed by atoms with Crippen LogP contribution in [0.2, 0.25) is 5.02 Å². The number of ether oxygens (including phenoxy) is 1. The van der Waals surface area contributed by atoms with Gasteiger partial charge in [-0.25, -0.2) is 0 Å². The van der Waals surface area contributed by atoms with Gasteiger partial charge in [-0.05, 0) is 80.9 Å². The molecule has 0 aromatic heterocycles. The summed E-state index contributed by atoms with van der Waals surface area (Å²) in [6.45, 7) is 7.19. The topological polar surface area (TPSA) is 15.5 Å². The zero-order valence-corrected chi connectivity index (χ0v) is 20.1. The first-order valence-corrected chi connectivity index (χ1v) is 11.3. The van der Waals surface area contributed by atoms with E-state index in [-0.39, 0.29) is 5.41 Å². The minimum atomic E-state index is -0.0705. The number of halogens is 1. The van der Waals surface area contributed by atoms with Crippen LogP contribution in [0.1, 0.15) is 31.9 Å². The average molecular weight is 446 g/mol. The lowest BCUT2D eigenvalue weighted by Crippen LogP contribution is -2.26. The molecule has 0 atom stereocenters. The zero-order valence-electron chi connectivity index (χ0n) is 19.4. The van der Waals surface area contributed by atoms with Crippen LogP contribution in [-0.4, -0.2) is 31.0 Å². The standard InChI is InChI=1S/C28H30ClN2O/c1-6-32-24-15-13-23(14-16-24)30(4)22-11-7-20(8-12-22)9-18-27-28(2,3)25-17-10-21(29)19-26(25)31(27)5/h7-19H,6H2,1-5H3/q+1. The van der Waals surface area contributed by atoms with Gasteiger partial charge < -0.3 is 9.64 Å². The molecule has 1 aliphatic rings. The summed E-state index contributed by atoms with van der Waals surface area (Å²) in [6.07, 6.45) is 4.40. The molecule has 1 aliphatic heterocycles. The fourth-order valence-electron chi connectivity index (χ4n) is 4.38. The van der Waals surface area contributed by atoms with E-state index >= 15 is 0 Å². The van der Waals surface area contributed by atoms with Crippen LogP contribution in [0.3, 0.4) is 0 Å². The molecule has 0 saturated carbocycles. The molecule has 164 valence electrons. The SMILES string of the molecule is CCOc1ccc(N(C)c2ccc(/C=C/C3=[N+](C)c4cc(Cl)ccc4C3(C)C)cc2)cc1. The van der Waals surface area contributed by atoms with Crippen molar-refractivity contribution < 1.29 is 9.31 Å². The highest BCUT2D eigenvalue weighted by atomic mass is 35.5. The number of nitrogens with zero attached hydrogens (tertiary/aromatic N) is 2. The van der Waals surface area contributed by atoms with Crippen LogP contribution in [-0.2, 0) is 5.41 Å². The predicted octanol–water partition coefficient (Wildman–Crippen LogP) is 7.23. The number of anilines is 2. The van der Waals surface area contributed by atoms with Gasteiger partial charge in [0, 0.05) is 41.2 Å². The first-order chi connectivity index (χ1) is 15.3.